The third-order valence-electron chi connectivity index (χ3n) is 3.18. The molecule has 4 heteroatoms. The van der Waals surface area contributed by atoms with Gasteiger partial charge in [-0.2, -0.15) is 0 Å². The highest BCUT2D eigenvalue weighted by atomic mass is 32.2. The number of rotatable bonds is 4. The van der Waals surface area contributed by atoms with E-state index in [1.54, 1.807) is 11.8 Å². The van der Waals surface area contributed by atoms with Gasteiger partial charge in [-0.25, -0.2) is 0 Å². The van der Waals surface area contributed by atoms with E-state index in [4.69, 9.17) is 0 Å². The Morgan fingerprint density at radius 2 is 2.00 bits per heavy atom. The number of hydrogen-bond acceptors (Lipinski definition) is 3. The van der Waals surface area contributed by atoms with Crippen LogP contribution in [0.25, 0.3) is 5.70 Å². The maximum atomic E-state index is 4.49. The first-order valence-corrected chi connectivity index (χ1v) is 7.59. The molecule has 0 unspecified atom stereocenters. The van der Waals surface area contributed by atoms with E-state index in [1.165, 1.54) is 23.1 Å². The van der Waals surface area contributed by atoms with Gasteiger partial charge in [0, 0.05) is 17.5 Å². The second-order valence-electron chi connectivity index (χ2n) is 4.74. The fraction of sp³-hybridized carbons (Fsp3) is 0.400. The van der Waals surface area contributed by atoms with Crippen molar-refractivity contribution < 1.29 is 0 Å². The lowest BCUT2D eigenvalue weighted by molar-refractivity contribution is 0.790. The molecule has 102 valence electrons. The molecule has 2 N–H and O–H groups in total. The Labute approximate surface area is 119 Å². The Balaban J connectivity index is 2.04. The Morgan fingerprint density at radius 3 is 2.63 bits per heavy atom. The number of aliphatic imine (C=N–C) groups is 1. The number of unbranched alkanes of at least 4 members (excludes halogenated alkanes) is 1. The van der Waals surface area contributed by atoms with Crippen LogP contribution in [-0.2, 0) is 0 Å². The van der Waals surface area contributed by atoms with Crippen molar-refractivity contribution in [2.75, 3.05) is 6.54 Å². The molecule has 1 aliphatic rings. The maximum absolute atomic E-state index is 4.49. The minimum atomic E-state index is 0.889. The summed E-state index contributed by atoms with van der Waals surface area (Å²) in [6.07, 6.45) is 2.32. The number of nitrogens with one attached hydrogen (secondary N) is 2. The fourth-order valence-electron chi connectivity index (χ4n) is 1.76. The summed E-state index contributed by atoms with van der Waals surface area (Å²) in [4.78, 5) is 4.49. The monoisotopic (exact) mass is 275 g/mol. The predicted octanol–water partition coefficient (Wildman–Crippen LogP) is 3.60. The van der Waals surface area contributed by atoms with E-state index < -0.39 is 0 Å². The summed E-state index contributed by atoms with van der Waals surface area (Å²) in [7, 11) is 0. The van der Waals surface area contributed by atoms with Crippen molar-refractivity contribution in [1.29, 1.82) is 0 Å². The van der Waals surface area contributed by atoms with Gasteiger partial charge in [-0.3, -0.25) is 15.8 Å². The highest BCUT2D eigenvalue weighted by Crippen LogP contribution is 2.21. The standard InChI is InChI=1S/C15H21N3S/c1-4-5-8-16-15-18-17-14(10-19-15)13-7-6-11(2)12(3)9-13/h6-7,9-10,17H,4-5,8H2,1-3H3,(H,16,18). The van der Waals surface area contributed by atoms with Crippen LogP contribution in [0.2, 0.25) is 0 Å². The predicted molar refractivity (Wildman–Crippen MR) is 85.0 cm³/mol. The zero-order valence-electron chi connectivity index (χ0n) is 11.8. The van der Waals surface area contributed by atoms with E-state index in [9.17, 15) is 0 Å². The lowest BCUT2D eigenvalue weighted by Gasteiger charge is -2.19. The maximum Gasteiger partial charge on any atom is 0.179 e. The molecule has 0 fully saturated rings. The van der Waals surface area contributed by atoms with Gasteiger partial charge in [0.2, 0.25) is 0 Å². The molecule has 0 saturated carbocycles. The number of aryl methyl sites for hydroxylation is 2. The average molecular weight is 275 g/mol. The zero-order chi connectivity index (χ0) is 13.7. The van der Waals surface area contributed by atoms with Crippen molar-refractivity contribution in [1.82, 2.24) is 10.9 Å². The molecular formula is C15H21N3S. The normalized spacial score (nSPS) is 16.8. The minimum absolute atomic E-state index is 0.889. The minimum Gasteiger partial charge on any atom is -0.298 e. The Morgan fingerprint density at radius 1 is 1.16 bits per heavy atom. The first-order chi connectivity index (χ1) is 9.20. The Bertz CT molecular complexity index is 506. The third-order valence-corrected chi connectivity index (χ3v) is 3.99. The van der Waals surface area contributed by atoms with Gasteiger partial charge >= 0.3 is 0 Å². The molecule has 3 nitrogen and oxygen atoms in total. The molecule has 0 bridgehead atoms. The smallest absolute Gasteiger partial charge is 0.179 e. The lowest BCUT2D eigenvalue weighted by atomic mass is 10.1. The van der Waals surface area contributed by atoms with Crippen LogP contribution in [0, 0.1) is 13.8 Å². The van der Waals surface area contributed by atoms with Gasteiger partial charge < -0.3 is 0 Å². The molecule has 0 amide bonds. The van der Waals surface area contributed by atoms with E-state index in [-0.39, 0.29) is 0 Å². The van der Waals surface area contributed by atoms with Crippen molar-refractivity contribution in [3.05, 3.63) is 40.3 Å². The van der Waals surface area contributed by atoms with Crippen molar-refractivity contribution in [3.8, 4) is 0 Å². The molecule has 1 aliphatic heterocycles. The van der Waals surface area contributed by atoms with Crippen LogP contribution < -0.4 is 10.9 Å². The van der Waals surface area contributed by atoms with E-state index in [0.29, 0.717) is 0 Å². The van der Waals surface area contributed by atoms with Gasteiger partial charge in [-0.05, 0) is 37.5 Å². The first-order valence-electron chi connectivity index (χ1n) is 6.71. The molecular weight excluding hydrogens is 254 g/mol. The summed E-state index contributed by atoms with van der Waals surface area (Å²) < 4.78 is 0. The topological polar surface area (TPSA) is 36.4 Å². The number of benzene rings is 1. The van der Waals surface area contributed by atoms with Gasteiger partial charge in [-0.15, -0.1) is 0 Å². The molecule has 0 aliphatic carbocycles. The van der Waals surface area contributed by atoms with Gasteiger partial charge in [0.25, 0.3) is 0 Å². The second kappa shape index (κ2) is 6.66. The molecule has 0 atom stereocenters. The van der Waals surface area contributed by atoms with Gasteiger partial charge in [-0.1, -0.05) is 37.2 Å². The van der Waals surface area contributed by atoms with Crippen molar-refractivity contribution in [2.45, 2.75) is 33.6 Å². The van der Waals surface area contributed by atoms with Gasteiger partial charge in [0.1, 0.15) is 0 Å². The summed E-state index contributed by atoms with van der Waals surface area (Å²) >= 11 is 1.64. The number of hydrogen-bond donors (Lipinski definition) is 2. The molecule has 0 saturated heterocycles. The van der Waals surface area contributed by atoms with E-state index >= 15 is 0 Å². The summed E-state index contributed by atoms with van der Waals surface area (Å²) in [5.41, 5.74) is 11.3. The van der Waals surface area contributed by atoms with Crippen LogP contribution in [-0.4, -0.2) is 11.7 Å². The largest absolute Gasteiger partial charge is 0.298 e. The zero-order valence-corrected chi connectivity index (χ0v) is 12.6. The quantitative estimate of drug-likeness (QED) is 0.824. The Kier molecular flexibility index (Phi) is 4.91. The van der Waals surface area contributed by atoms with Crippen LogP contribution in [0.1, 0.15) is 36.5 Å². The lowest BCUT2D eigenvalue weighted by Crippen LogP contribution is -2.37. The molecule has 0 radical (unpaired) electrons. The van der Waals surface area contributed by atoms with Gasteiger partial charge in [0.05, 0.1) is 5.70 Å². The SMILES string of the molecule is CCCCN=C1NNC(c2ccc(C)c(C)c2)=CS1. The molecule has 0 spiro atoms. The number of amidine groups is 1. The molecule has 1 aromatic rings. The summed E-state index contributed by atoms with van der Waals surface area (Å²) in [6.45, 7) is 7.34. The summed E-state index contributed by atoms with van der Waals surface area (Å²) in [6, 6.07) is 6.50. The highest BCUT2D eigenvalue weighted by Gasteiger charge is 2.10. The van der Waals surface area contributed by atoms with E-state index in [2.05, 4.69) is 60.2 Å². The van der Waals surface area contributed by atoms with E-state index in [0.717, 1.165) is 23.8 Å². The van der Waals surface area contributed by atoms with Crippen molar-refractivity contribution in [2.24, 2.45) is 4.99 Å². The van der Waals surface area contributed by atoms with Gasteiger partial charge in [0.15, 0.2) is 5.17 Å². The van der Waals surface area contributed by atoms with Crippen molar-refractivity contribution >= 4 is 22.6 Å². The summed E-state index contributed by atoms with van der Waals surface area (Å²) in [5, 5.41) is 3.06. The van der Waals surface area contributed by atoms with Crippen LogP contribution in [0.4, 0.5) is 0 Å². The van der Waals surface area contributed by atoms with Crippen LogP contribution in [0.5, 0.6) is 0 Å². The molecule has 1 aromatic carbocycles. The average Bonchev–Trinajstić information content (AvgIpc) is 2.43. The molecule has 19 heavy (non-hydrogen) atoms. The van der Waals surface area contributed by atoms with Crippen LogP contribution in [0.3, 0.4) is 0 Å². The first kappa shape index (κ1) is 14.0. The number of nitrogens with zero attached hydrogens (tertiary/aromatic N) is 1. The molecule has 1 heterocycles. The number of thioether (sulfide) groups is 1. The van der Waals surface area contributed by atoms with Crippen LogP contribution >= 0.6 is 11.8 Å². The van der Waals surface area contributed by atoms with Crippen molar-refractivity contribution in [3.63, 3.8) is 0 Å². The van der Waals surface area contributed by atoms with E-state index in [1.807, 2.05) is 0 Å². The molecule has 0 aromatic heterocycles. The summed E-state index contributed by atoms with van der Waals surface area (Å²) in [5.74, 6) is 0. The highest BCUT2D eigenvalue weighted by molar-refractivity contribution is 8.16. The Hall–Kier alpha value is -1.42. The third kappa shape index (κ3) is 3.77. The second-order valence-corrected chi connectivity index (χ2v) is 5.60. The fourth-order valence-corrected chi connectivity index (χ4v) is 2.46. The van der Waals surface area contributed by atoms with Crippen LogP contribution in [0.15, 0.2) is 28.6 Å². The molecule has 2 rings (SSSR count). The number of hydrazine groups is 1.